The van der Waals surface area contributed by atoms with Crippen LogP contribution in [0.3, 0.4) is 0 Å². The van der Waals surface area contributed by atoms with Gasteiger partial charge in [0.05, 0.1) is 11.4 Å². The molecule has 0 saturated carbocycles. The molecule has 4 rings (SSSR count). The Hall–Kier alpha value is -3.16. The van der Waals surface area contributed by atoms with Gasteiger partial charge in [0.25, 0.3) is 0 Å². The molecule has 1 aliphatic rings. The summed E-state index contributed by atoms with van der Waals surface area (Å²) >= 11 is 6.08. The summed E-state index contributed by atoms with van der Waals surface area (Å²) < 4.78 is 0. The number of halogens is 1. The van der Waals surface area contributed by atoms with Crippen molar-refractivity contribution in [2.24, 2.45) is 0 Å². The number of nitrogens with one attached hydrogen (secondary N) is 1. The van der Waals surface area contributed by atoms with Crippen LogP contribution >= 0.6 is 11.6 Å². The molecule has 7 nitrogen and oxygen atoms in total. The lowest BCUT2D eigenvalue weighted by atomic mass is 10.0. The highest BCUT2D eigenvalue weighted by Gasteiger charge is 2.19. The van der Waals surface area contributed by atoms with Gasteiger partial charge in [0.2, 0.25) is 0 Å². The van der Waals surface area contributed by atoms with Crippen molar-refractivity contribution in [3.8, 4) is 11.1 Å². The minimum Gasteiger partial charge on any atom is -0.393 e. The van der Waals surface area contributed by atoms with Crippen LogP contribution in [0.25, 0.3) is 11.1 Å². The molecule has 0 spiro atoms. The number of benzene rings is 2. The smallest absolute Gasteiger partial charge is 0.158 e. The molecule has 30 heavy (non-hydrogen) atoms. The van der Waals surface area contributed by atoms with Gasteiger partial charge in [-0.1, -0.05) is 41.9 Å². The molecule has 0 bridgehead atoms. The number of nitrogen functional groups attached to an aromatic ring is 1. The average molecular weight is 423 g/mol. The lowest BCUT2D eigenvalue weighted by Gasteiger charge is -2.35. The van der Waals surface area contributed by atoms with Crippen molar-refractivity contribution in [2.45, 2.75) is 0 Å². The second-order valence-corrected chi connectivity index (χ2v) is 7.67. The third kappa shape index (κ3) is 4.22. The van der Waals surface area contributed by atoms with Crippen molar-refractivity contribution in [3.05, 3.63) is 59.5 Å². The van der Waals surface area contributed by atoms with Gasteiger partial charge >= 0.3 is 0 Å². The number of nitrogens with zero attached hydrogens (tertiary/aromatic N) is 4. The number of aldehydes is 1. The molecule has 2 heterocycles. The van der Waals surface area contributed by atoms with Gasteiger partial charge in [-0.2, -0.15) is 0 Å². The summed E-state index contributed by atoms with van der Waals surface area (Å²) in [4.78, 5) is 23.8. The van der Waals surface area contributed by atoms with Gasteiger partial charge in [0.15, 0.2) is 11.0 Å². The molecule has 1 aliphatic heterocycles. The fraction of sp³-hybridized carbons (Fsp3) is 0.227. The molecule has 2 aromatic carbocycles. The molecular formula is C22H23ClN6O. The van der Waals surface area contributed by atoms with Crippen LogP contribution in [0.4, 0.5) is 22.9 Å². The molecule has 0 amide bonds. The zero-order chi connectivity index (χ0) is 21.1. The number of hydrogen-bond acceptors (Lipinski definition) is 7. The Morgan fingerprint density at radius 1 is 1.03 bits per heavy atom. The van der Waals surface area contributed by atoms with E-state index < -0.39 is 0 Å². The summed E-state index contributed by atoms with van der Waals surface area (Å²) in [5.74, 6) is 0.471. The van der Waals surface area contributed by atoms with E-state index in [4.69, 9.17) is 17.3 Å². The van der Waals surface area contributed by atoms with Crippen molar-refractivity contribution >= 4 is 40.8 Å². The molecule has 1 aromatic heterocycles. The molecule has 3 N–H and O–H groups in total. The van der Waals surface area contributed by atoms with E-state index in [1.165, 1.54) is 6.33 Å². The number of carbonyl (C=O) groups is 1. The fourth-order valence-electron chi connectivity index (χ4n) is 3.49. The molecule has 0 unspecified atom stereocenters. The lowest BCUT2D eigenvalue weighted by molar-refractivity contribution is 0.112. The number of rotatable bonds is 5. The van der Waals surface area contributed by atoms with Crippen LogP contribution in [-0.2, 0) is 0 Å². The van der Waals surface area contributed by atoms with Crippen LogP contribution in [0.2, 0.25) is 5.15 Å². The van der Waals surface area contributed by atoms with Gasteiger partial charge in [-0.15, -0.1) is 0 Å². The van der Waals surface area contributed by atoms with Gasteiger partial charge in [-0.05, 0) is 30.3 Å². The Morgan fingerprint density at radius 2 is 1.73 bits per heavy atom. The first-order valence-electron chi connectivity index (χ1n) is 9.71. The van der Waals surface area contributed by atoms with Crippen molar-refractivity contribution in [3.63, 3.8) is 0 Å². The summed E-state index contributed by atoms with van der Waals surface area (Å²) in [5.41, 5.74) is 11.0. The molecule has 154 valence electrons. The number of piperazine rings is 1. The second-order valence-electron chi connectivity index (χ2n) is 7.31. The maximum atomic E-state index is 11.0. The van der Waals surface area contributed by atoms with Crippen LogP contribution in [0.15, 0.2) is 48.8 Å². The topological polar surface area (TPSA) is 87.4 Å². The largest absolute Gasteiger partial charge is 0.393 e. The Balaban J connectivity index is 1.73. The third-order valence-electron chi connectivity index (χ3n) is 5.31. The van der Waals surface area contributed by atoms with Gasteiger partial charge < -0.3 is 20.9 Å². The number of anilines is 4. The van der Waals surface area contributed by atoms with Gasteiger partial charge in [0.1, 0.15) is 18.3 Å². The van der Waals surface area contributed by atoms with Crippen LogP contribution in [0.5, 0.6) is 0 Å². The van der Waals surface area contributed by atoms with E-state index in [0.717, 1.165) is 55.0 Å². The van der Waals surface area contributed by atoms with E-state index in [1.807, 2.05) is 24.3 Å². The number of nitrogens with two attached hydrogens (primary N) is 1. The summed E-state index contributed by atoms with van der Waals surface area (Å²) in [6, 6.07) is 13.8. The molecular weight excluding hydrogens is 400 g/mol. The number of carbonyl (C=O) groups excluding carboxylic acids is 1. The number of hydrogen-bond donors (Lipinski definition) is 2. The minimum absolute atomic E-state index is 0.217. The standard InChI is InChI=1S/C22H23ClN6O/c1-28-8-10-29(11-9-28)19-7-6-17(16-4-2-15(13-30)3-5-16)12-18(19)27-22-20(24)21(23)25-14-26-22/h2-7,12-14H,8-11,24H2,1H3,(H,25,26,27). The highest BCUT2D eigenvalue weighted by Crippen LogP contribution is 2.35. The fourth-order valence-corrected chi connectivity index (χ4v) is 3.63. The minimum atomic E-state index is 0.217. The molecule has 0 atom stereocenters. The Morgan fingerprint density at radius 3 is 2.43 bits per heavy atom. The maximum absolute atomic E-state index is 11.0. The SMILES string of the molecule is CN1CCN(c2ccc(-c3ccc(C=O)cc3)cc2Nc2ncnc(Cl)c2N)CC1. The van der Waals surface area contributed by atoms with Crippen LogP contribution in [0, 0.1) is 0 Å². The summed E-state index contributed by atoms with van der Waals surface area (Å²) in [5, 5.41) is 3.57. The van der Waals surface area contributed by atoms with E-state index in [1.54, 1.807) is 0 Å². The number of likely N-dealkylation sites (N-methyl/N-ethyl adjacent to an activating group) is 1. The molecule has 1 saturated heterocycles. The number of aromatic nitrogens is 2. The summed E-state index contributed by atoms with van der Waals surface area (Å²) in [6.45, 7) is 3.85. The highest BCUT2D eigenvalue weighted by atomic mass is 35.5. The van der Waals surface area contributed by atoms with Gasteiger partial charge in [-0.3, -0.25) is 4.79 Å². The lowest BCUT2D eigenvalue weighted by Crippen LogP contribution is -2.44. The van der Waals surface area contributed by atoms with E-state index in [2.05, 4.69) is 50.3 Å². The first kappa shape index (κ1) is 20.1. The van der Waals surface area contributed by atoms with Crippen molar-refractivity contribution < 1.29 is 4.79 Å². The summed E-state index contributed by atoms with van der Waals surface area (Å²) in [7, 11) is 2.13. The molecule has 0 aliphatic carbocycles. The Bertz CT molecular complexity index is 1050. The molecule has 8 heteroatoms. The zero-order valence-electron chi connectivity index (χ0n) is 16.7. The highest BCUT2D eigenvalue weighted by molar-refractivity contribution is 6.32. The molecule has 3 aromatic rings. The van der Waals surface area contributed by atoms with E-state index in [-0.39, 0.29) is 5.15 Å². The van der Waals surface area contributed by atoms with Crippen molar-refractivity contribution in [1.29, 1.82) is 0 Å². The summed E-state index contributed by atoms with van der Waals surface area (Å²) in [6.07, 6.45) is 2.23. The van der Waals surface area contributed by atoms with Gasteiger partial charge in [0, 0.05) is 31.7 Å². The van der Waals surface area contributed by atoms with Crippen molar-refractivity contribution in [2.75, 3.05) is 49.2 Å². The van der Waals surface area contributed by atoms with Gasteiger partial charge in [-0.25, -0.2) is 9.97 Å². The normalized spacial score (nSPS) is 14.5. The Labute approximate surface area is 180 Å². The molecule has 1 fully saturated rings. The van der Waals surface area contributed by atoms with Crippen LogP contribution < -0.4 is 16.0 Å². The average Bonchev–Trinajstić information content (AvgIpc) is 2.78. The van der Waals surface area contributed by atoms with E-state index in [0.29, 0.717) is 17.1 Å². The van der Waals surface area contributed by atoms with Crippen LogP contribution in [-0.4, -0.2) is 54.4 Å². The van der Waals surface area contributed by atoms with E-state index in [9.17, 15) is 4.79 Å². The quantitative estimate of drug-likeness (QED) is 0.479. The predicted octanol–water partition coefficient (Wildman–Crippen LogP) is 3.69. The monoisotopic (exact) mass is 422 g/mol. The maximum Gasteiger partial charge on any atom is 0.158 e. The van der Waals surface area contributed by atoms with Crippen LogP contribution in [0.1, 0.15) is 10.4 Å². The van der Waals surface area contributed by atoms with Crippen molar-refractivity contribution in [1.82, 2.24) is 14.9 Å². The van der Waals surface area contributed by atoms with E-state index >= 15 is 0 Å². The zero-order valence-corrected chi connectivity index (χ0v) is 17.4. The first-order valence-corrected chi connectivity index (χ1v) is 10.1. The first-order chi connectivity index (χ1) is 14.5. The second kappa shape index (κ2) is 8.69. The Kier molecular flexibility index (Phi) is 5.83. The third-order valence-corrected chi connectivity index (χ3v) is 5.61. The predicted molar refractivity (Wildman–Crippen MR) is 122 cm³/mol. The molecule has 0 radical (unpaired) electrons.